The maximum Gasteiger partial charge on any atom is 0.338 e. The minimum Gasteiger partial charge on any atom is -0.452 e. The standard InChI is InChI=1S/C20H24N2O3/c1-15-7-5-6-8-17(15)13-22(4)19(23)14-25-20(24)16-9-11-18(12-10-16)21(2)3/h5-12H,13-14H2,1-4H3. The molecule has 2 aromatic rings. The second-order valence-corrected chi connectivity index (χ2v) is 6.19. The zero-order chi connectivity index (χ0) is 18.4. The minimum atomic E-state index is -0.497. The van der Waals surface area contributed by atoms with Gasteiger partial charge in [-0.25, -0.2) is 4.79 Å². The highest BCUT2D eigenvalue weighted by Crippen LogP contribution is 2.13. The fraction of sp³-hybridized carbons (Fsp3) is 0.300. The predicted octanol–water partition coefficient (Wildman–Crippen LogP) is 2.88. The van der Waals surface area contributed by atoms with Gasteiger partial charge in [-0.15, -0.1) is 0 Å². The van der Waals surface area contributed by atoms with E-state index in [0.717, 1.165) is 16.8 Å². The Labute approximate surface area is 148 Å². The molecule has 0 aromatic heterocycles. The highest BCUT2D eigenvalue weighted by atomic mass is 16.5. The molecule has 2 aromatic carbocycles. The number of amides is 1. The molecular weight excluding hydrogens is 316 g/mol. The van der Waals surface area contributed by atoms with Crippen molar-refractivity contribution in [3.8, 4) is 0 Å². The normalized spacial score (nSPS) is 10.2. The molecular formula is C20H24N2O3. The first-order valence-corrected chi connectivity index (χ1v) is 8.11. The van der Waals surface area contributed by atoms with Crippen molar-refractivity contribution >= 4 is 17.6 Å². The first-order chi connectivity index (χ1) is 11.9. The lowest BCUT2D eigenvalue weighted by Gasteiger charge is -2.18. The van der Waals surface area contributed by atoms with Gasteiger partial charge in [-0.1, -0.05) is 24.3 Å². The van der Waals surface area contributed by atoms with Crippen LogP contribution in [0.1, 0.15) is 21.5 Å². The maximum absolute atomic E-state index is 12.2. The molecule has 0 atom stereocenters. The first kappa shape index (κ1) is 18.5. The van der Waals surface area contributed by atoms with Gasteiger partial charge in [0.1, 0.15) is 0 Å². The van der Waals surface area contributed by atoms with Crippen LogP contribution >= 0.6 is 0 Å². The van der Waals surface area contributed by atoms with Gasteiger partial charge in [0.15, 0.2) is 6.61 Å². The zero-order valence-electron chi connectivity index (χ0n) is 15.2. The number of carbonyl (C=O) groups excluding carboxylic acids is 2. The fourth-order valence-electron chi connectivity index (χ4n) is 2.35. The molecule has 0 saturated heterocycles. The van der Waals surface area contributed by atoms with Gasteiger partial charge in [0, 0.05) is 33.4 Å². The average Bonchev–Trinajstić information content (AvgIpc) is 2.61. The van der Waals surface area contributed by atoms with Crippen molar-refractivity contribution in [1.82, 2.24) is 4.90 Å². The van der Waals surface area contributed by atoms with E-state index in [1.165, 1.54) is 0 Å². The molecule has 0 spiro atoms. The zero-order valence-corrected chi connectivity index (χ0v) is 15.2. The summed E-state index contributed by atoms with van der Waals surface area (Å²) in [7, 11) is 5.56. The second-order valence-electron chi connectivity index (χ2n) is 6.19. The molecule has 132 valence electrons. The molecule has 0 aliphatic heterocycles. The van der Waals surface area contributed by atoms with E-state index in [2.05, 4.69) is 0 Å². The molecule has 5 nitrogen and oxygen atoms in total. The van der Waals surface area contributed by atoms with E-state index in [1.54, 1.807) is 24.1 Å². The van der Waals surface area contributed by atoms with Gasteiger partial charge in [-0.05, 0) is 42.3 Å². The summed E-state index contributed by atoms with van der Waals surface area (Å²) in [6.07, 6.45) is 0. The summed E-state index contributed by atoms with van der Waals surface area (Å²) < 4.78 is 5.14. The number of likely N-dealkylation sites (N-methyl/N-ethyl adjacent to an activating group) is 1. The van der Waals surface area contributed by atoms with Crippen molar-refractivity contribution in [2.45, 2.75) is 13.5 Å². The third kappa shape index (κ3) is 5.08. The number of anilines is 1. The SMILES string of the molecule is Cc1ccccc1CN(C)C(=O)COC(=O)c1ccc(N(C)C)cc1. The Balaban J connectivity index is 1.88. The Morgan fingerprint density at radius 3 is 2.20 bits per heavy atom. The van der Waals surface area contributed by atoms with Gasteiger partial charge >= 0.3 is 5.97 Å². The summed E-state index contributed by atoms with van der Waals surface area (Å²) in [5.41, 5.74) is 3.62. The van der Waals surface area contributed by atoms with Crippen molar-refractivity contribution in [2.75, 3.05) is 32.6 Å². The van der Waals surface area contributed by atoms with Gasteiger partial charge in [0.2, 0.25) is 0 Å². The van der Waals surface area contributed by atoms with Crippen LogP contribution in [0.2, 0.25) is 0 Å². The van der Waals surface area contributed by atoms with Crippen LogP contribution in [0.3, 0.4) is 0 Å². The fourth-order valence-corrected chi connectivity index (χ4v) is 2.35. The van der Waals surface area contributed by atoms with Crippen LogP contribution in [0, 0.1) is 6.92 Å². The molecule has 0 unspecified atom stereocenters. The molecule has 2 rings (SSSR count). The average molecular weight is 340 g/mol. The highest BCUT2D eigenvalue weighted by molar-refractivity contribution is 5.91. The van der Waals surface area contributed by atoms with Gasteiger partial charge in [-0.3, -0.25) is 4.79 Å². The van der Waals surface area contributed by atoms with E-state index in [1.807, 2.05) is 62.3 Å². The third-order valence-electron chi connectivity index (χ3n) is 4.04. The molecule has 0 N–H and O–H groups in total. The number of benzene rings is 2. The lowest BCUT2D eigenvalue weighted by atomic mass is 10.1. The molecule has 0 fully saturated rings. The number of hydrogen-bond acceptors (Lipinski definition) is 4. The van der Waals surface area contributed by atoms with Crippen molar-refractivity contribution < 1.29 is 14.3 Å². The largest absolute Gasteiger partial charge is 0.452 e. The van der Waals surface area contributed by atoms with Crippen molar-refractivity contribution in [3.63, 3.8) is 0 Å². The Morgan fingerprint density at radius 1 is 0.960 bits per heavy atom. The maximum atomic E-state index is 12.2. The van der Waals surface area contributed by atoms with Gasteiger partial charge in [-0.2, -0.15) is 0 Å². The molecule has 0 aliphatic rings. The Bertz CT molecular complexity index is 739. The van der Waals surface area contributed by atoms with Crippen LogP contribution in [-0.4, -0.2) is 44.5 Å². The number of carbonyl (C=O) groups is 2. The summed E-state index contributed by atoms with van der Waals surface area (Å²) in [5, 5.41) is 0. The summed E-state index contributed by atoms with van der Waals surface area (Å²) in [4.78, 5) is 27.7. The van der Waals surface area contributed by atoms with E-state index >= 15 is 0 Å². The molecule has 0 bridgehead atoms. The minimum absolute atomic E-state index is 0.235. The number of esters is 1. The number of rotatable bonds is 6. The summed E-state index contributed by atoms with van der Waals surface area (Å²) >= 11 is 0. The highest BCUT2D eigenvalue weighted by Gasteiger charge is 2.14. The van der Waals surface area contributed by atoms with Crippen LogP contribution in [0.5, 0.6) is 0 Å². The lowest BCUT2D eigenvalue weighted by molar-refractivity contribution is -0.133. The summed E-state index contributed by atoms with van der Waals surface area (Å²) in [6, 6.07) is 15.0. The van der Waals surface area contributed by atoms with Crippen LogP contribution in [0.25, 0.3) is 0 Å². The van der Waals surface area contributed by atoms with Crippen molar-refractivity contribution in [1.29, 1.82) is 0 Å². The van der Waals surface area contributed by atoms with Crippen LogP contribution in [0.15, 0.2) is 48.5 Å². The summed E-state index contributed by atoms with van der Waals surface area (Å²) in [5.74, 6) is -0.732. The summed E-state index contributed by atoms with van der Waals surface area (Å²) in [6.45, 7) is 2.22. The predicted molar refractivity (Wildman–Crippen MR) is 98.7 cm³/mol. The van der Waals surface area contributed by atoms with Crippen LogP contribution in [0.4, 0.5) is 5.69 Å². The smallest absolute Gasteiger partial charge is 0.338 e. The second kappa shape index (κ2) is 8.33. The quantitative estimate of drug-likeness (QED) is 0.759. The Kier molecular flexibility index (Phi) is 6.17. The molecule has 5 heteroatoms. The van der Waals surface area contributed by atoms with Crippen LogP contribution in [-0.2, 0) is 16.1 Å². The molecule has 0 radical (unpaired) electrons. The number of hydrogen-bond donors (Lipinski definition) is 0. The monoisotopic (exact) mass is 340 g/mol. The lowest BCUT2D eigenvalue weighted by Crippen LogP contribution is -2.31. The topological polar surface area (TPSA) is 49.9 Å². The number of aryl methyl sites for hydroxylation is 1. The first-order valence-electron chi connectivity index (χ1n) is 8.11. The Hall–Kier alpha value is -2.82. The molecule has 1 amide bonds. The van der Waals surface area contributed by atoms with Gasteiger partial charge in [0.05, 0.1) is 5.56 Å². The van der Waals surface area contributed by atoms with Crippen LogP contribution < -0.4 is 4.90 Å². The third-order valence-corrected chi connectivity index (χ3v) is 4.04. The molecule has 0 heterocycles. The van der Waals surface area contributed by atoms with E-state index in [4.69, 9.17) is 4.74 Å². The number of ether oxygens (including phenoxy) is 1. The van der Waals surface area contributed by atoms with E-state index in [0.29, 0.717) is 12.1 Å². The molecule has 0 aliphatic carbocycles. The van der Waals surface area contributed by atoms with Crippen molar-refractivity contribution in [3.05, 3.63) is 65.2 Å². The molecule has 0 saturated carbocycles. The number of nitrogens with zero attached hydrogens (tertiary/aromatic N) is 2. The van der Waals surface area contributed by atoms with E-state index < -0.39 is 5.97 Å². The van der Waals surface area contributed by atoms with Gasteiger partial charge in [0.25, 0.3) is 5.91 Å². The van der Waals surface area contributed by atoms with Gasteiger partial charge < -0.3 is 14.5 Å². The van der Waals surface area contributed by atoms with E-state index in [-0.39, 0.29) is 12.5 Å². The van der Waals surface area contributed by atoms with E-state index in [9.17, 15) is 9.59 Å². The Morgan fingerprint density at radius 2 is 1.60 bits per heavy atom. The van der Waals surface area contributed by atoms with Crippen molar-refractivity contribution in [2.24, 2.45) is 0 Å². The molecule has 25 heavy (non-hydrogen) atoms.